The Bertz CT molecular complexity index is 442. The summed E-state index contributed by atoms with van der Waals surface area (Å²) < 4.78 is 34.6. The number of nitrogens with one attached hydrogen (secondary N) is 1. The van der Waals surface area contributed by atoms with E-state index < -0.39 is 15.7 Å². The fraction of sp³-hybridized carbons (Fsp3) is 0.400. The molecule has 6 heteroatoms. The van der Waals surface area contributed by atoms with Crippen molar-refractivity contribution in [1.29, 1.82) is 0 Å². The van der Waals surface area contributed by atoms with Gasteiger partial charge < -0.3 is 5.32 Å². The van der Waals surface area contributed by atoms with Crippen LogP contribution in [0.4, 0.5) is 4.39 Å². The van der Waals surface area contributed by atoms with E-state index in [1.165, 1.54) is 18.4 Å². The smallest absolute Gasteiger partial charge is 0.148 e. The molecule has 0 aliphatic rings. The summed E-state index contributed by atoms with van der Waals surface area (Å²) in [4.78, 5) is 0. The van der Waals surface area contributed by atoms with E-state index in [9.17, 15) is 12.8 Å². The zero-order valence-electron chi connectivity index (χ0n) is 8.83. The molecular weight excluding hydrogens is 253 g/mol. The Labute approximate surface area is 99.5 Å². The molecule has 90 valence electrons. The Kier molecular flexibility index (Phi) is 4.70. The average Bonchev–Trinajstić information content (AvgIpc) is 2.09. The first-order chi connectivity index (χ1) is 7.37. The van der Waals surface area contributed by atoms with Gasteiger partial charge in [0, 0.05) is 24.4 Å². The van der Waals surface area contributed by atoms with Crippen molar-refractivity contribution in [3.63, 3.8) is 0 Å². The van der Waals surface area contributed by atoms with Gasteiger partial charge in [0.1, 0.15) is 15.7 Å². The second kappa shape index (κ2) is 5.61. The molecule has 0 atom stereocenters. The molecule has 0 saturated carbocycles. The predicted octanol–water partition coefficient (Wildman–Crippen LogP) is 1.61. The van der Waals surface area contributed by atoms with Crippen LogP contribution in [0.3, 0.4) is 0 Å². The van der Waals surface area contributed by atoms with Crippen LogP contribution in [0.1, 0.15) is 5.56 Å². The third-order valence-corrected chi connectivity index (χ3v) is 3.07. The van der Waals surface area contributed by atoms with Crippen LogP contribution in [0.25, 0.3) is 0 Å². The van der Waals surface area contributed by atoms with Crippen LogP contribution < -0.4 is 5.32 Å². The summed E-state index contributed by atoms with van der Waals surface area (Å²) in [5.41, 5.74) is 0.693. The van der Waals surface area contributed by atoms with Crippen molar-refractivity contribution >= 4 is 21.4 Å². The maximum Gasteiger partial charge on any atom is 0.148 e. The first kappa shape index (κ1) is 13.4. The van der Waals surface area contributed by atoms with Crippen molar-refractivity contribution in [2.45, 2.75) is 6.54 Å². The SMILES string of the molecule is CS(=O)(=O)CCNCc1cc(F)cc(Cl)c1. The average molecular weight is 266 g/mol. The van der Waals surface area contributed by atoms with E-state index in [1.54, 1.807) is 6.07 Å². The summed E-state index contributed by atoms with van der Waals surface area (Å²) in [5.74, 6) is -0.330. The van der Waals surface area contributed by atoms with E-state index in [4.69, 9.17) is 11.6 Å². The highest BCUT2D eigenvalue weighted by Crippen LogP contribution is 2.13. The van der Waals surface area contributed by atoms with Gasteiger partial charge in [-0.1, -0.05) is 11.6 Å². The van der Waals surface area contributed by atoms with Crippen LogP contribution in [0.2, 0.25) is 5.02 Å². The second-order valence-corrected chi connectivity index (χ2v) is 6.28. The minimum Gasteiger partial charge on any atom is -0.312 e. The Morgan fingerprint density at radius 2 is 2.06 bits per heavy atom. The molecule has 0 spiro atoms. The van der Waals surface area contributed by atoms with Gasteiger partial charge in [-0.2, -0.15) is 0 Å². The van der Waals surface area contributed by atoms with Gasteiger partial charge in [0.25, 0.3) is 0 Å². The normalized spacial score (nSPS) is 11.7. The lowest BCUT2D eigenvalue weighted by Crippen LogP contribution is -2.21. The second-order valence-electron chi connectivity index (χ2n) is 3.58. The molecule has 0 radical (unpaired) electrons. The van der Waals surface area contributed by atoms with Crippen molar-refractivity contribution in [3.05, 3.63) is 34.6 Å². The summed E-state index contributed by atoms with van der Waals surface area (Å²) in [5, 5.41) is 3.24. The summed E-state index contributed by atoms with van der Waals surface area (Å²) in [6.07, 6.45) is 1.17. The van der Waals surface area contributed by atoms with E-state index in [0.717, 1.165) is 0 Å². The predicted molar refractivity (Wildman–Crippen MR) is 62.8 cm³/mol. The molecule has 0 saturated heterocycles. The molecule has 1 N–H and O–H groups in total. The number of rotatable bonds is 5. The maximum atomic E-state index is 12.9. The molecule has 0 amide bonds. The Hall–Kier alpha value is -0.650. The molecule has 0 unspecified atom stereocenters. The highest BCUT2D eigenvalue weighted by Gasteiger charge is 2.02. The molecule has 0 aromatic heterocycles. The Morgan fingerprint density at radius 1 is 1.38 bits per heavy atom. The third kappa shape index (κ3) is 5.44. The Morgan fingerprint density at radius 3 is 2.62 bits per heavy atom. The van der Waals surface area contributed by atoms with Gasteiger partial charge in [-0.15, -0.1) is 0 Å². The minimum atomic E-state index is -2.96. The molecular formula is C10H13ClFNO2S. The van der Waals surface area contributed by atoms with E-state index in [2.05, 4.69) is 5.32 Å². The molecule has 3 nitrogen and oxygen atoms in total. The molecule has 0 aliphatic carbocycles. The number of sulfone groups is 1. The lowest BCUT2D eigenvalue weighted by Gasteiger charge is -2.04. The molecule has 0 bridgehead atoms. The van der Waals surface area contributed by atoms with Crippen molar-refractivity contribution in [3.8, 4) is 0 Å². The minimum absolute atomic E-state index is 0.0655. The van der Waals surface area contributed by atoms with Gasteiger partial charge in [0.05, 0.1) is 5.75 Å². The lowest BCUT2D eigenvalue weighted by molar-refractivity contribution is 0.595. The van der Waals surface area contributed by atoms with Crippen molar-refractivity contribution < 1.29 is 12.8 Å². The van der Waals surface area contributed by atoms with Gasteiger partial charge in [-0.3, -0.25) is 0 Å². The van der Waals surface area contributed by atoms with E-state index >= 15 is 0 Å². The molecule has 1 aromatic carbocycles. The quantitative estimate of drug-likeness (QED) is 0.823. The molecule has 0 heterocycles. The molecule has 1 aromatic rings. The zero-order valence-corrected chi connectivity index (χ0v) is 10.4. The molecule has 16 heavy (non-hydrogen) atoms. The van der Waals surface area contributed by atoms with Gasteiger partial charge in [0.2, 0.25) is 0 Å². The molecule has 1 rings (SSSR count). The largest absolute Gasteiger partial charge is 0.312 e. The first-order valence-corrected chi connectivity index (χ1v) is 7.14. The molecule has 0 fully saturated rings. The fourth-order valence-corrected chi connectivity index (χ4v) is 1.96. The van der Waals surface area contributed by atoms with Crippen molar-refractivity contribution in [2.75, 3.05) is 18.6 Å². The lowest BCUT2D eigenvalue weighted by atomic mass is 10.2. The topological polar surface area (TPSA) is 46.2 Å². The summed E-state index contributed by atoms with van der Waals surface area (Å²) in [7, 11) is -2.96. The van der Waals surface area contributed by atoms with Crippen molar-refractivity contribution in [1.82, 2.24) is 5.32 Å². The van der Waals surface area contributed by atoms with Gasteiger partial charge in [-0.25, -0.2) is 12.8 Å². The van der Waals surface area contributed by atoms with E-state index in [1.807, 2.05) is 0 Å². The number of benzene rings is 1. The van der Waals surface area contributed by atoms with Crippen LogP contribution >= 0.6 is 11.6 Å². The molecule has 0 aliphatic heterocycles. The van der Waals surface area contributed by atoms with Crippen LogP contribution in [-0.4, -0.2) is 27.0 Å². The summed E-state index contributed by atoms with van der Waals surface area (Å²) in [6.45, 7) is 0.736. The monoisotopic (exact) mass is 265 g/mol. The maximum absolute atomic E-state index is 12.9. The van der Waals surface area contributed by atoms with Gasteiger partial charge in [0.15, 0.2) is 0 Å². The van der Waals surface area contributed by atoms with Crippen molar-refractivity contribution in [2.24, 2.45) is 0 Å². The highest BCUT2D eigenvalue weighted by molar-refractivity contribution is 7.90. The van der Waals surface area contributed by atoms with Crippen LogP contribution in [0, 0.1) is 5.82 Å². The third-order valence-electron chi connectivity index (χ3n) is 1.90. The van der Waals surface area contributed by atoms with Crippen LogP contribution in [0.5, 0.6) is 0 Å². The summed E-state index contributed by atoms with van der Waals surface area (Å²) >= 11 is 5.67. The number of hydrogen-bond donors (Lipinski definition) is 1. The zero-order chi connectivity index (χ0) is 12.2. The fourth-order valence-electron chi connectivity index (χ4n) is 1.20. The van der Waals surface area contributed by atoms with Gasteiger partial charge in [-0.05, 0) is 23.8 Å². The number of hydrogen-bond acceptors (Lipinski definition) is 3. The standard InChI is InChI=1S/C10H13ClFNO2S/c1-16(14,15)3-2-13-7-8-4-9(11)6-10(12)5-8/h4-6,13H,2-3,7H2,1H3. The highest BCUT2D eigenvalue weighted by atomic mass is 35.5. The Balaban J connectivity index is 2.43. The summed E-state index contributed by atoms with van der Waals surface area (Å²) in [6, 6.07) is 4.22. The first-order valence-electron chi connectivity index (χ1n) is 4.70. The van der Waals surface area contributed by atoms with E-state index in [-0.39, 0.29) is 5.75 Å². The van der Waals surface area contributed by atoms with Gasteiger partial charge >= 0.3 is 0 Å². The van der Waals surface area contributed by atoms with Crippen LogP contribution in [-0.2, 0) is 16.4 Å². The van der Waals surface area contributed by atoms with Crippen LogP contribution in [0.15, 0.2) is 18.2 Å². The number of halogens is 2. The van der Waals surface area contributed by atoms with E-state index in [0.29, 0.717) is 23.7 Å².